The van der Waals surface area contributed by atoms with Crippen molar-refractivity contribution in [2.45, 2.75) is 39.7 Å². The molecule has 0 unspecified atom stereocenters. The molecule has 126 valence electrons. The lowest BCUT2D eigenvalue weighted by atomic mass is 9.95. The number of nitrogens with zero attached hydrogens (tertiary/aromatic N) is 2. The van der Waals surface area contributed by atoms with Gasteiger partial charge in [0, 0.05) is 38.1 Å². The van der Waals surface area contributed by atoms with E-state index in [1.807, 2.05) is 12.4 Å². The van der Waals surface area contributed by atoms with E-state index in [1.165, 1.54) is 12.8 Å². The summed E-state index contributed by atoms with van der Waals surface area (Å²) in [7, 11) is 0. The number of H-pyrrole nitrogens is 1. The summed E-state index contributed by atoms with van der Waals surface area (Å²) in [6.07, 6.45) is 6.09. The molecule has 1 aliphatic rings. The lowest BCUT2D eigenvalue weighted by Crippen LogP contribution is -2.48. The Balaban J connectivity index is 1.84. The van der Waals surface area contributed by atoms with Crippen LogP contribution in [0.2, 0.25) is 0 Å². The van der Waals surface area contributed by atoms with Gasteiger partial charge in [0.2, 0.25) is 0 Å². The molecule has 0 aliphatic carbocycles. The van der Waals surface area contributed by atoms with E-state index in [0.29, 0.717) is 11.5 Å². The Hall–Kier alpha value is -1.27. The number of nitrogen functional groups attached to an aromatic ring is 1. The molecule has 0 spiro atoms. The highest BCUT2D eigenvalue weighted by Gasteiger charge is 2.25. The van der Waals surface area contributed by atoms with Gasteiger partial charge in [-0.05, 0) is 34.2 Å². The van der Waals surface area contributed by atoms with E-state index in [2.05, 4.69) is 56.9 Å². The topological polar surface area (TPSA) is 70.0 Å². The number of nitrogens with two attached hydrogens (primary N) is 1. The van der Waals surface area contributed by atoms with Crippen LogP contribution in [0.1, 0.15) is 33.6 Å². The average Bonchev–Trinajstić information content (AvgIpc) is 2.86. The van der Waals surface area contributed by atoms with Gasteiger partial charge in [0.1, 0.15) is 5.65 Å². The first-order chi connectivity index (χ1) is 10.8. The minimum Gasteiger partial charge on any atom is -0.397 e. The predicted octanol–water partition coefficient (Wildman–Crippen LogP) is 3.51. The van der Waals surface area contributed by atoms with Gasteiger partial charge in [-0.3, -0.25) is 0 Å². The molecule has 1 atom stereocenters. The van der Waals surface area contributed by atoms with Crippen LogP contribution in [0, 0.1) is 5.41 Å². The number of hydrogen-bond acceptors (Lipinski definition) is 4. The number of hydrogen-bond donors (Lipinski definition) is 3. The summed E-state index contributed by atoms with van der Waals surface area (Å²) in [6.45, 7) is 9.89. The van der Waals surface area contributed by atoms with Crippen LogP contribution < -0.4 is 16.0 Å². The summed E-state index contributed by atoms with van der Waals surface area (Å²) in [4.78, 5) is 10.0. The van der Waals surface area contributed by atoms with Gasteiger partial charge in [0.25, 0.3) is 0 Å². The van der Waals surface area contributed by atoms with Gasteiger partial charge in [-0.1, -0.05) is 20.8 Å². The molecule has 2 aromatic rings. The van der Waals surface area contributed by atoms with Crippen LogP contribution in [0.15, 0.2) is 16.9 Å². The van der Waals surface area contributed by atoms with Crippen molar-refractivity contribution >= 4 is 38.3 Å². The molecule has 1 aliphatic heterocycles. The fourth-order valence-corrected chi connectivity index (χ4v) is 3.74. The second-order valence-electron chi connectivity index (χ2n) is 7.65. The number of anilines is 2. The van der Waals surface area contributed by atoms with Crippen LogP contribution in [-0.2, 0) is 0 Å². The first-order valence-electron chi connectivity index (χ1n) is 8.24. The Morgan fingerprint density at radius 3 is 3.00 bits per heavy atom. The molecule has 1 saturated heterocycles. The number of pyridine rings is 1. The van der Waals surface area contributed by atoms with Gasteiger partial charge in [-0.15, -0.1) is 0 Å². The summed E-state index contributed by atoms with van der Waals surface area (Å²) in [5.41, 5.74) is 9.25. The third kappa shape index (κ3) is 3.63. The number of halogens is 1. The van der Waals surface area contributed by atoms with Gasteiger partial charge in [-0.2, -0.15) is 0 Å². The summed E-state index contributed by atoms with van der Waals surface area (Å²) >= 11 is 3.67. The number of rotatable bonds is 3. The number of fused-ring (bicyclic) bond motifs is 1. The van der Waals surface area contributed by atoms with Crippen LogP contribution >= 0.6 is 15.9 Å². The maximum atomic E-state index is 6.17. The zero-order valence-corrected chi connectivity index (χ0v) is 15.7. The Kier molecular flexibility index (Phi) is 4.56. The van der Waals surface area contributed by atoms with Gasteiger partial charge in [0.05, 0.1) is 21.2 Å². The lowest BCUT2D eigenvalue weighted by Gasteiger charge is -2.37. The van der Waals surface area contributed by atoms with Gasteiger partial charge < -0.3 is 20.9 Å². The van der Waals surface area contributed by atoms with Crippen LogP contribution in [0.5, 0.6) is 0 Å². The highest BCUT2D eigenvalue weighted by molar-refractivity contribution is 9.10. The maximum absolute atomic E-state index is 6.17. The normalized spacial score (nSPS) is 19.5. The van der Waals surface area contributed by atoms with E-state index in [-0.39, 0.29) is 0 Å². The van der Waals surface area contributed by atoms with E-state index < -0.39 is 0 Å². The van der Waals surface area contributed by atoms with Crippen molar-refractivity contribution < 1.29 is 0 Å². The molecule has 0 amide bonds. The molecular formula is C17H26BrN5. The molecule has 4 N–H and O–H groups in total. The quantitative estimate of drug-likeness (QED) is 0.762. The monoisotopic (exact) mass is 379 g/mol. The molecular weight excluding hydrogens is 354 g/mol. The molecule has 3 heterocycles. The fraction of sp³-hybridized carbons (Fsp3) is 0.588. The van der Waals surface area contributed by atoms with Gasteiger partial charge in [0.15, 0.2) is 0 Å². The molecule has 1 fully saturated rings. The van der Waals surface area contributed by atoms with Crippen molar-refractivity contribution in [2.75, 3.05) is 30.3 Å². The van der Waals surface area contributed by atoms with Crippen LogP contribution in [0.25, 0.3) is 11.0 Å². The molecule has 6 heteroatoms. The standard InChI is InChI=1S/C17H26BrN5/c1-17(2,3)10-22-11-5-4-6-23(9-11)15-12(18)7-20-16-14(15)13(19)8-21-16/h7-8,11,22H,4-6,9-10,19H2,1-3H3,(H,20,21)/t11-/m1/s1. The van der Waals surface area contributed by atoms with Crippen molar-refractivity contribution in [2.24, 2.45) is 5.41 Å². The van der Waals surface area contributed by atoms with Crippen molar-refractivity contribution in [1.29, 1.82) is 0 Å². The average molecular weight is 380 g/mol. The van der Waals surface area contributed by atoms with Crippen molar-refractivity contribution in [3.05, 3.63) is 16.9 Å². The molecule has 0 radical (unpaired) electrons. The highest BCUT2D eigenvalue weighted by atomic mass is 79.9. The van der Waals surface area contributed by atoms with Crippen molar-refractivity contribution in [3.8, 4) is 0 Å². The third-order valence-electron chi connectivity index (χ3n) is 4.32. The SMILES string of the molecule is CC(C)(C)CN[C@@H]1CCCN(c2c(Br)cnc3[nH]cc(N)c23)C1. The number of nitrogens with one attached hydrogen (secondary N) is 2. The fourth-order valence-electron chi connectivity index (χ4n) is 3.19. The molecule has 0 saturated carbocycles. The largest absolute Gasteiger partial charge is 0.397 e. The maximum Gasteiger partial charge on any atom is 0.141 e. The molecule has 23 heavy (non-hydrogen) atoms. The number of aromatic nitrogens is 2. The van der Waals surface area contributed by atoms with Crippen LogP contribution in [0.3, 0.4) is 0 Å². The summed E-state index contributed by atoms with van der Waals surface area (Å²) in [5, 5.41) is 4.75. The highest BCUT2D eigenvalue weighted by Crippen LogP contribution is 2.37. The first kappa shape index (κ1) is 16.6. The zero-order valence-electron chi connectivity index (χ0n) is 14.1. The van der Waals surface area contributed by atoms with E-state index >= 15 is 0 Å². The molecule has 0 aromatic carbocycles. The van der Waals surface area contributed by atoms with E-state index in [1.54, 1.807) is 0 Å². The Morgan fingerprint density at radius 1 is 1.48 bits per heavy atom. The Labute approximate surface area is 146 Å². The zero-order chi connectivity index (χ0) is 16.6. The lowest BCUT2D eigenvalue weighted by molar-refractivity contribution is 0.328. The summed E-state index contributed by atoms with van der Waals surface area (Å²) in [5.74, 6) is 0. The predicted molar refractivity (Wildman–Crippen MR) is 101 cm³/mol. The van der Waals surface area contributed by atoms with Crippen LogP contribution in [-0.4, -0.2) is 35.6 Å². The van der Waals surface area contributed by atoms with Gasteiger partial charge >= 0.3 is 0 Å². The van der Waals surface area contributed by atoms with E-state index in [9.17, 15) is 0 Å². The smallest absolute Gasteiger partial charge is 0.141 e. The molecule has 0 bridgehead atoms. The number of piperidine rings is 1. The summed E-state index contributed by atoms with van der Waals surface area (Å²) < 4.78 is 1.01. The van der Waals surface area contributed by atoms with E-state index in [4.69, 9.17) is 5.73 Å². The second-order valence-corrected chi connectivity index (χ2v) is 8.50. The van der Waals surface area contributed by atoms with Gasteiger partial charge in [-0.25, -0.2) is 4.98 Å². The molecule has 5 nitrogen and oxygen atoms in total. The molecule has 3 rings (SSSR count). The third-order valence-corrected chi connectivity index (χ3v) is 4.90. The molecule has 2 aromatic heterocycles. The summed E-state index contributed by atoms with van der Waals surface area (Å²) in [6, 6.07) is 0.512. The van der Waals surface area contributed by atoms with Crippen LogP contribution in [0.4, 0.5) is 11.4 Å². The first-order valence-corrected chi connectivity index (χ1v) is 9.04. The number of aromatic amines is 1. The minimum absolute atomic E-state index is 0.303. The minimum atomic E-state index is 0.303. The Bertz CT molecular complexity index is 688. The van der Waals surface area contributed by atoms with E-state index in [0.717, 1.165) is 46.5 Å². The Morgan fingerprint density at radius 2 is 2.26 bits per heavy atom. The van der Waals surface area contributed by atoms with Crippen molar-refractivity contribution in [1.82, 2.24) is 15.3 Å². The second kappa shape index (κ2) is 6.32. The van der Waals surface area contributed by atoms with Crippen molar-refractivity contribution in [3.63, 3.8) is 0 Å².